The Balaban J connectivity index is 1.63. The van der Waals surface area contributed by atoms with Crippen LogP contribution in [-0.4, -0.2) is 49.0 Å². The summed E-state index contributed by atoms with van der Waals surface area (Å²) >= 11 is 0. The highest BCUT2D eigenvalue weighted by molar-refractivity contribution is 7.88. The zero-order valence-corrected chi connectivity index (χ0v) is 15.1. The van der Waals surface area contributed by atoms with E-state index in [1.54, 1.807) is 0 Å². The molecule has 0 amide bonds. The maximum Gasteiger partial charge on any atom is 0.235 e. The number of hydrogen-bond acceptors (Lipinski definition) is 6. The molecule has 1 aliphatic heterocycles. The van der Waals surface area contributed by atoms with Gasteiger partial charge in [0, 0.05) is 6.54 Å². The first-order chi connectivity index (χ1) is 12.0. The van der Waals surface area contributed by atoms with Crippen molar-refractivity contribution < 1.29 is 17.9 Å². The molecule has 0 saturated carbocycles. The molecule has 0 spiro atoms. The lowest BCUT2D eigenvalue weighted by Crippen LogP contribution is -2.32. The van der Waals surface area contributed by atoms with Gasteiger partial charge in [0.15, 0.2) is 0 Å². The fraction of sp³-hybridized carbons (Fsp3) is 0.412. The van der Waals surface area contributed by atoms with Crippen molar-refractivity contribution in [3.8, 4) is 11.8 Å². The molecule has 1 fully saturated rings. The van der Waals surface area contributed by atoms with Gasteiger partial charge in [-0.05, 0) is 18.9 Å². The van der Waals surface area contributed by atoms with Crippen LogP contribution in [0.3, 0.4) is 0 Å². The van der Waals surface area contributed by atoms with Crippen LogP contribution in [0.4, 0.5) is 0 Å². The third-order valence-electron chi connectivity index (χ3n) is 4.02. The highest BCUT2D eigenvalue weighted by atomic mass is 32.2. The molecule has 0 N–H and O–H groups in total. The van der Waals surface area contributed by atoms with Gasteiger partial charge in [-0.25, -0.2) is 8.42 Å². The van der Waals surface area contributed by atoms with Crippen LogP contribution in [-0.2, 0) is 15.8 Å². The van der Waals surface area contributed by atoms with Crippen LogP contribution in [0.1, 0.15) is 17.5 Å². The summed E-state index contributed by atoms with van der Waals surface area (Å²) in [5.74, 6) is 0.696. The summed E-state index contributed by atoms with van der Waals surface area (Å²) in [6, 6.07) is 7.55. The Bertz CT molecular complexity index is 841. The number of nitrogens with zero attached hydrogens (tertiary/aromatic N) is 3. The number of ether oxygens (including phenoxy) is 2. The summed E-state index contributed by atoms with van der Waals surface area (Å²) in [5.41, 5.74) is 1.84. The van der Waals surface area contributed by atoms with Crippen molar-refractivity contribution in [3.63, 3.8) is 0 Å². The summed E-state index contributed by atoms with van der Waals surface area (Å²) in [5, 5.41) is 0. The lowest BCUT2D eigenvalue weighted by molar-refractivity contribution is 0.203. The maximum absolute atomic E-state index is 12.6. The molecule has 7 nitrogen and oxygen atoms in total. The Labute approximate surface area is 147 Å². The van der Waals surface area contributed by atoms with E-state index in [1.165, 1.54) is 23.8 Å². The molecule has 1 aromatic carbocycles. The van der Waals surface area contributed by atoms with Crippen molar-refractivity contribution in [2.24, 2.45) is 0 Å². The zero-order chi connectivity index (χ0) is 17.9. The number of sulfonamides is 1. The number of methoxy groups -OCH3 is 1. The second-order valence-corrected chi connectivity index (χ2v) is 8.00. The quantitative estimate of drug-likeness (QED) is 0.778. The molecule has 1 atom stereocenters. The van der Waals surface area contributed by atoms with Crippen molar-refractivity contribution in [2.45, 2.75) is 25.2 Å². The summed E-state index contributed by atoms with van der Waals surface area (Å²) < 4.78 is 37.5. The molecule has 1 aromatic heterocycles. The van der Waals surface area contributed by atoms with Crippen molar-refractivity contribution in [1.82, 2.24) is 14.3 Å². The smallest absolute Gasteiger partial charge is 0.235 e. The van der Waals surface area contributed by atoms with Crippen molar-refractivity contribution in [2.75, 3.05) is 20.2 Å². The third kappa shape index (κ3) is 4.46. The van der Waals surface area contributed by atoms with E-state index in [1.807, 2.05) is 31.2 Å². The molecule has 134 valence electrons. The average Bonchev–Trinajstić information content (AvgIpc) is 3.04. The fourth-order valence-corrected chi connectivity index (χ4v) is 4.37. The predicted molar refractivity (Wildman–Crippen MR) is 93.0 cm³/mol. The van der Waals surface area contributed by atoms with E-state index in [9.17, 15) is 8.42 Å². The normalized spacial score (nSPS) is 18.2. The van der Waals surface area contributed by atoms with E-state index in [0.717, 1.165) is 11.1 Å². The van der Waals surface area contributed by atoms with E-state index in [2.05, 4.69) is 9.97 Å². The Morgan fingerprint density at radius 3 is 2.84 bits per heavy atom. The average molecular weight is 363 g/mol. The van der Waals surface area contributed by atoms with E-state index in [-0.39, 0.29) is 11.9 Å². The Hall–Kier alpha value is -2.19. The van der Waals surface area contributed by atoms with Crippen LogP contribution in [0.25, 0.3) is 0 Å². The molecule has 1 aliphatic rings. The number of aryl methyl sites for hydroxylation is 1. The molecule has 0 radical (unpaired) electrons. The van der Waals surface area contributed by atoms with E-state index >= 15 is 0 Å². The van der Waals surface area contributed by atoms with Crippen molar-refractivity contribution in [1.29, 1.82) is 0 Å². The number of aromatic nitrogens is 2. The van der Waals surface area contributed by atoms with Gasteiger partial charge >= 0.3 is 0 Å². The lowest BCUT2D eigenvalue weighted by atomic mass is 10.2. The van der Waals surface area contributed by atoms with Gasteiger partial charge in [-0.1, -0.05) is 29.8 Å². The highest BCUT2D eigenvalue weighted by Crippen LogP contribution is 2.22. The molecule has 1 unspecified atom stereocenters. The van der Waals surface area contributed by atoms with Crippen molar-refractivity contribution >= 4 is 10.0 Å². The molecule has 8 heteroatoms. The summed E-state index contributed by atoms with van der Waals surface area (Å²) in [6.45, 7) is 2.70. The summed E-state index contributed by atoms with van der Waals surface area (Å²) in [6.07, 6.45) is 3.35. The van der Waals surface area contributed by atoms with Crippen LogP contribution >= 0.6 is 0 Å². The molecule has 3 rings (SSSR count). The zero-order valence-electron chi connectivity index (χ0n) is 14.3. The molecule has 2 heterocycles. The lowest BCUT2D eigenvalue weighted by Gasteiger charge is -2.17. The largest absolute Gasteiger partial charge is 0.480 e. The SMILES string of the molecule is COc1cncc(OC2CCN(S(=O)(=O)Cc3cccc(C)c3)C2)n1. The second kappa shape index (κ2) is 7.37. The van der Waals surface area contributed by atoms with Gasteiger partial charge in [-0.15, -0.1) is 0 Å². The first kappa shape index (κ1) is 17.6. The predicted octanol–water partition coefficient (Wildman–Crippen LogP) is 1.78. The molecular formula is C17H21N3O4S. The minimum Gasteiger partial charge on any atom is -0.480 e. The van der Waals surface area contributed by atoms with E-state index < -0.39 is 10.0 Å². The minimum atomic E-state index is -3.38. The van der Waals surface area contributed by atoms with Gasteiger partial charge in [0.2, 0.25) is 21.8 Å². The summed E-state index contributed by atoms with van der Waals surface area (Å²) in [7, 11) is -1.87. The maximum atomic E-state index is 12.6. The van der Waals surface area contributed by atoms with Gasteiger partial charge in [0.1, 0.15) is 6.10 Å². The number of rotatable bonds is 6. The van der Waals surface area contributed by atoms with Gasteiger partial charge in [0.25, 0.3) is 0 Å². The standard InChI is InChI=1S/C17H21N3O4S/c1-13-4-3-5-14(8-13)12-25(21,22)20-7-6-15(11-20)24-17-10-18-9-16(19-17)23-2/h3-5,8-10,15H,6-7,11-12H2,1-2H3. The second-order valence-electron chi connectivity index (χ2n) is 6.03. The van der Waals surface area contributed by atoms with Crippen LogP contribution in [0.2, 0.25) is 0 Å². The molecule has 25 heavy (non-hydrogen) atoms. The molecular weight excluding hydrogens is 342 g/mol. The Kier molecular flexibility index (Phi) is 5.19. The van der Waals surface area contributed by atoms with Gasteiger partial charge in [-0.3, -0.25) is 4.98 Å². The molecule has 1 saturated heterocycles. The topological polar surface area (TPSA) is 81.6 Å². The van der Waals surface area contributed by atoms with E-state index in [4.69, 9.17) is 9.47 Å². The van der Waals surface area contributed by atoms with Gasteiger partial charge in [-0.2, -0.15) is 9.29 Å². The van der Waals surface area contributed by atoms with Crippen LogP contribution in [0.15, 0.2) is 36.7 Å². The van der Waals surface area contributed by atoms with Crippen LogP contribution in [0.5, 0.6) is 11.8 Å². The monoisotopic (exact) mass is 363 g/mol. The van der Waals surface area contributed by atoms with Crippen LogP contribution < -0.4 is 9.47 Å². The molecule has 2 aromatic rings. The number of benzene rings is 1. The van der Waals surface area contributed by atoms with E-state index in [0.29, 0.717) is 31.3 Å². The van der Waals surface area contributed by atoms with Crippen molar-refractivity contribution in [3.05, 3.63) is 47.8 Å². The highest BCUT2D eigenvalue weighted by Gasteiger charge is 2.32. The summed E-state index contributed by atoms with van der Waals surface area (Å²) in [4.78, 5) is 8.13. The van der Waals surface area contributed by atoms with Gasteiger partial charge < -0.3 is 9.47 Å². The number of hydrogen-bond donors (Lipinski definition) is 0. The Morgan fingerprint density at radius 2 is 2.08 bits per heavy atom. The fourth-order valence-electron chi connectivity index (χ4n) is 2.81. The molecule has 0 bridgehead atoms. The molecule has 0 aliphatic carbocycles. The van der Waals surface area contributed by atoms with Crippen LogP contribution in [0, 0.1) is 6.92 Å². The third-order valence-corrected chi connectivity index (χ3v) is 5.84. The first-order valence-electron chi connectivity index (χ1n) is 8.02. The first-order valence-corrected chi connectivity index (χ1v) is 9.63. The minimum absolute atomic E-state index is 0.000362. The Morgan fingerprint density at radius 1 is 1.28 bits per heavy atom. The van der Waals surface area contributed by atoms with Gasteiger partial charge in [0.05, 0.1) is 31.8 Å².